The molecule has 1 aromatic rings. The highest BCUT2D eigenvalue weighted by atomic mass is 16.5. The van der Waals surface area contributed by atoms with Crippen molar-refractivity contribution in [2.45, 2.75) is 13.0 Å². The molecule has 1 fully saturated rings. The number of benzene rings is 1. The van der Waals surface area contributed by atoms with Gasteiger partial charge in [-0.1, -0.05) is 12.1 Å². The summed E-state index contributed by atoms with van der Waals surface area (Å²) >= 11 is 0. The van der Waals surface area contributed by atoms with Crippen molar-refractivity contribution in [3.63, 3.8) is 0 Å². The number of ether oxygens (including phenoxy) is 2. The molecule has 1 saturated heterocycles. The zero-order chi connectivity index (χ0) is 12.6. The van der Waals surface area contributed by atoms with Crippen LogP contribution in [0.25, 0.3) is 0 Å². The van der Waals surface area contributed by atoms with Gasteiger partial charge in [0.15, 0.2) is 6.61 Å². The second-order valence-corrected chi connectivity index (χ2v) is 4.45. The first-order valence-corrected chi connectivity index (χ1v) is 6.25. The highest BCUT2D eigenvalue weighted by Gasteiger charge is 2.14. The molecule has 4 nitrogen and oxygen atoms in total. The lowest BCUT2D eigenvalue weighted by atomic mass is 10.1. The SMILES string of the molecule is N#CCOc1ccc(CNCC2CCOC2)cc1. The molecule has 1 aromatic carbocycles. The van der Waals surface area contributed by atoms with Gasteiger partial charge in [-0.3, -0.25) is 0 Å². The fourth-order valence-electron chi connectivity index (χ4n) is 1.98. The molecule has 1 N–H and O–H groups in total. The fourth-order valence-corrected chi connectivity index (χ4v) is 1.98. The predicted octanol–water partition coefficient (Wildman–Crippen LogP) is 1.72. The second-order valence-electron chi connectivity index (χ2n) is 4.45. The van der Waals surface area contributed by atoms with Gasteiger partial charge in [0.05, 0.1) is 6.61 Å². The number of hydrogen-bond donors (Lipinski definition) is 1. The van der Waals surface area contributed by atoms with Crippen LogP contribution in [0.1, 0.15) is 12.0 Å². The summed E-state index contributed by atoms with van der Waals surface area (Å²) in [5.41, 5.74) is 1.22. The Balaban J connectivity index is 1.70. The predicted molar refractivity (Wildman–Crippen MR) is 68.2 cm³/mol. The number of nitrogens with one attached hydrogen (secondary N) is 1. The van der Waals surface area contributed by atoms with E-state index in [1.807, 2.05) is 30.3 Å². The van der Waals surface area contributed by atoms with E-state index in [-0.39, 0.29) is 6.61 Å². The summed E-state index contributed by atoms with van der Waals surface area (Å²) in [6, 6.07) is 9.78. The standard InChI is InChI=1S/C14H18N2O2/c15-6-8-18-14-3-1-12(2-4-14)9-16-10-13-5-7-17-11-13/h1-4,13,16H,5,7-11H2. The van der Waals surface area contributed by atoms with Gasteiger partial charge in [0.1, 0.15) is 11.8 Å². The largest absolute Gasteiger partial charge is 0.479 e. The molecule has 1 heterocycles. The van der Waals surface area contributed by atoms with Gasteiger partial charge in [0, 0.05) is 19.7 Å². The molecule has 2 rings (SSSR count). The van der Waals surface area contributed by atoms with Gasteiger partial charge in [-0.25, -0.2) is 0 Å². The molecule has 1 unspecified atom stereocenters. The molecule has 0 radical (unpaired) electrons. The first-order chi connectivity index (χ1) is 8.88. The molecule has 0 aliphatic carbocycles. The zero-order valence-electron chi connectivity index (χ0n) is 10.4. The average molecular weight is 246 g/mol. The van der Waals surface area contributed by atoms with E-state index >= 15 is 0 Å². The van der Waals surface area contributed by atoms with E-state index in [2.05, 4.69) is 5.32 Å². The van der Waals surface area contributed by atoms with Gasteiger partial charge in [-0.15, -0.1) is 0 Å². The smallest absolute Gasteiger partial charge is 0.174 e. The van der Waals surface area contributed by atoms with Crippen molar-refractivity contribution >= 4 is 0 Å². The fraction of sp³-hybridized carbons (Fsp3) is 0.500. The summed E-state index contributed by atoms with van der Waals surface area (Å²) in [6.45, 7) is 3.74. The molecular formula is C14H18N2O2. The van der Waals surface area contributed by atoms with Crippen LogP contribution >= 0.6 is 0 Å². The van der Waals surface area contributed by atoms with Crippen molar-refractivity contribution in [2.24, 2.45) is 5.92 Å². The molecule has 1 atom stereocenters. The third-order valence-electron chi connectivity index (χ3n) is 3.01. The Morgan fingerprint density at radius 2 is 2.22 bits per heavy atom. The summed E-state index contributed by atoms with van der Waals surface area (Å²) in [7, 11) is 0. The van der Waals surface area contributed by atoms with Crippen molar-refractivity contribution in [3.8, 4) is 11.8 Å². The van der Waals surface area contributed by atoms with Crippen LogP contribution in [0, 0.1) is 17.2 Å². The van der Waals surface area contributed by atoms with E-state index in [0.29, 0.717) is 5.92 Å². The van der Waals surface area contributed by atoms with Crippen LogP contribution in [0.5, 0.6) is 5.75 Å². The number of nitrogens with zero attached hydrogens (tertiary/aromatic N) is 1. The Kier molecular flexibility index (Phi) is 5.00. The molecule has 18 heavy (non-hydrogen) atoms. The number of rotatable bonds is 6. The highest BCUT2D eigenvalue weighted by molar-refractivity contribution is 5.27. The minimum Gasteiger partial charge on any atom is -0.479 e. The van der Waals surface area contributed by atoms with Crippen LogP contribution in [-0.4, -0.2) is 26.4 Å². The Bertz CT molecular complexity index is 391. The Morgan fingerprint density at radius 3 is 2.89 bits per heavy atom. The summed E-state index contributed by atoms with van der Waals surface area (Å²) < 4.78 is 10.5. The van der Waals surface area contributed by atoms with E-state index < -0.39 is 0 Å². The molecule has 1 aliphatic rings. The summed E-state index contributed by atoms with van der Waals surface area (Å²) in [4.78, 5) is 0. The maximum atomic E-state index is 8.41. The Morgan fingerprint density at radius 1 is 1.39 bits per heavy atom. The average Bonchev–Trinajstić information content (AvgIpc) is 2.91. The lowest BCUT2D eigenvalue weighted by Gasteiger charge is -2.09. The first-order valence-electron chi connectivity index (χ1n) is 6.25. The van der Waals surface area contributed by atoms with Crippen molar-refractivity contribution in [2.75, 3.05) is 26.4 Å². The molecule has 0 spiro atoms. The Hall–Kier alpha value is -1.57. The minimum absolute atomic E-state index is 0.0965. The molecular weight excluding hydrogens is 228 g/mol. The van der Waals surface area contributed by atoms with E-state index in [1.165, 1.54) is 5.56 Å². The van der Waals surface area contributed by atoms with E-state index in [9.17, 15) is 0 Å². The minimum atomic E-state index is 0.0965. The van der Waals surface area contributed by atoms with Gasteiger partial charge < -0.3 is 14.8 Å². The van der Waals surface area contributed by atoms with Crippen LogP contribution in [0.2, 0.25) is 0 Å². The normalized spacial score (nSPS) is 18.5. The van der Waals surface area contributed by atoms with Gasteiger partial charge in [0.25, 0.3) is 0 Å². The maximum absolute atomic E-state index is 8.41. The van der Waals surface area contributed by atoms with Gasteiger partial charge in [-0.05, 0) is 30.0 Å². The third kappa shape index (κ3) is 4.02. The second kappa shape index (κ2) is 7.00. The number of nitriles is 1. The van der Waals surface area contributed by atoms with Gasteiger partial charge in [-0.2, -0.15) is 5.26 Å². The lowest BCUT2D eigenvalue weighted by Crippen LogP contribution is -2.22. The molecule has 1 aliphatic heterocycles. The van der Waals surface area contributed by atoms with E-state index in [4.69, 9.17) is 14.7 Å². The molecule has 0 amide bonds. The van der Waals surface area contributed by atoms with Crippen molar-refractivity contribution in [1.29, 1.82) is 5.26 Å². The van der Waals surface area contributed by atoms with Crippen LogP contribution in [0.15, 0.2) is 24.3 Å². The van der Waals surface area contributed by atoms with Crippen molar-refractivity contribution in [3.05, 3.63) is 29.8 Å². The van der Waals surface area contributed by atoms with E-state index in [0.717, 1.165) is 38.5 Å². The molecule has 96 valence electrons. The van der Waals surface area contributed by atoms with Crippen LogP contribution in [0.4, 0.5) is 0 Å². The summed E-state index contributed by atoms with van der Waals surface area (Å²) in [6.07, 6.45) is 1.16. The van der Waals surface area contributed by atoms with E-state index in [1.54, 1.807) is 0 Å². The highest BCUT2D eigenvalue weighted by Crippen LogP contribution is 2.13. The third-order valence-corrected chi connectivity index (χ3v) is 3.01. The zero-order valence-corrected chi connectivity index (χ0v) is 10.4. The molecule has 0 aromatic heterocycles. The molecule has 4 heteroatoms. The van der Waals surface area contributed by atoms with Gasteiger partial charge in [0.2, 0.25) is 0 Å². The molecule has 0 bridgehead atoms. The topological polar surface area (TPSA) is 54.3 Å². The number of hydrogen-bond acceptors (Lipinski definition) is 4. The molecule has 0 saturated carbocycles. The van der Waals surface area contributed by atoms with Crippen LogP contribution in [-0.2, 0) is 11.3 Å². The lowest BCUT2D eigenvalue weighted by molar-refractivity contribution is 0.185. The first kappa shape index (κ1) is 12.9. The monoisotopic (exact) mass is 246 g/mol. The summed E-state index contributed by atoms with van der Waals surface area (Å²) in [5, 5.41) is 11.8. The quantitative estimate of drug-likeness (QED) is 0.830. The van der Waals surface area contributed by atoms with Crippen molar-refractivity contribution in [1.82, 2.24) is 5.32 Å². The van der Waals surface area contributed by atoms with Crippen LogP contribution in [0.3, 0.4) is 0 Å². The maximum Gasteiger partial charge on any atom is 0.174 e. The van der Waals surface area contributed by atoms with Crippen molar-refractivity contribution < 1.29 is 9.47 Å². The van der Waals surface area contributed by atoms with Gasteiger partial charge >= 0.3 is 0 Å². The Labute approximate surface area is 108 Å². The van der Waals surface area contributed by atoms with Crippen LogP contribution < -0.4 is 10.1 Å². The summed E-state index contributed by atoms with van der Waals surface area (Å²) in [5.74, 6) is 1.40.